The van der Waals surface area contributed by atoms with Crippen LogP contribution in [0.2, 0.25) is 5.02 Å². The van der Waals surface area contributed by atoms with Crippen LogP contribution >= 0.6 is 23.4 Å². The molecule has 1 aromatic heterocycles. The van der Waals surface area contributed by atoms with Gasteiger partial charge in [-0.1, -0.05) is 78.0 Å². The second-order valence-corrected chi connectivity index (χ2v) is 8.02. The smallest absolute Gasteiger partial charge is 0.144 e. The molecule has 5 aromatic rings. The van der Waals surface area contributed by atoms with Gasteiger partial charge in [-0.25, -0.2) is 0 Å². The zero-order chi connectivity index (χ0) is 19.1. The highest BCUT2D eigenvalue weighted by atomic mass is 35.5. The molecule has 4 aromatic carbocycles. The van der Waals surface area contributed by atoms with E-state index in [0.717, 1.165) is 42.9 Å². The first-order valence-corrected chi connectivity index (χ1v) is 10.1. The van der Waals surface area contributed by atoms with E-state index in [4.69, 9.17) is 16.0 Å². The van der Waals surface area contributed by atoms with Gasteiger partial charge in [-0.3, -0.25) is 0 Å². The lowest BCUT2D eigenvalue weighted by molar-refractivity contribution is 0.470. The largest absolute Gasteiger partial charge is 0.506 e. The van der Waals surface area contributed by atoms with Gasteiger partial charge in [0.25, 0.3) is 0 Å². The maximum absolute atomic E-state index is 11.0. The summed E-state index contributed by atoms with van der Waals surface area (Å²) in [5, 5.41) is 14.3. The van der Waals surface area contributed by atoms with Gasteiger partial charge in [0, 0.05) is 31.6 Å². The molecule has 136 valence electrons. The minimum absolute atomic E-state index is 0.274. The summed E-state index contributed by atoms with van der Waals surface area (Å²) in [6, 6.07) is 27.4. The number of halogens is 1. The normalized spacial score (nSPS) is 11.3. The van der Waals surface area contributed by atoms with Crippen molar-refractivity contribution in [2.24, 2.45) is 0 Å². The standard InChI is InChI=1S/C24H15ClO2S/c25-16-8-6-7-15(13-16)21-14-20-23(27-21)19-12-5-4-11-18(19)22(26)24(20)28-17-9-2-1-3-10-17/h1-14,26H. The fourth-order valence-electron chi connectivity index (χ4n) is 3.39. The highest BCUT2D eigenvalue weighted by Gasteiger charge is 2.19. The van der Waals surface area contributed by atoms with Crippen LogP contribution in [0.15, 0.2) is 99.1 Å². The first kappa shape index (κ1) is 17.2. The molecule has 28 heavy (non-hydrogen) atoms. The number of fused-ring (bicyclic) bond motifs is 3. The van der Waals surface area contributed by atoms with E-state index >= 15 is 0 Å². The Morgan fingerprint density at radius 2 is 1.50 bits per heavy atom. The summed E-state index contributed by atoms with van der Waals surface area (Å²) in [5.74, 6) is 0.999. The molecule has 4 heteroatoms. The number of furan rings is 1. The van der Waals surface area contributed by atoms with Gasteiger partial charge >= 0.3 is 0 Å². The molecular formula is C24H15ClO2S. The topological polar surface area (TPSA) is 33.4 Å². The predicted molar refractivity (Wildman–Crippen MR) is 116 cm³/mol. The van der Waals surface area contributed by atoms with Crippen molar-refractivity contribution in [1.29, 1.82) is 0 Å². The van der Waals surface area contributed by atoms with Crippen LogP contribution in [0.25, 0.3) is 33.1 Å². The van der Waals surface area contributed by atoms with E-state index in [1.165, 1.54) is 11.8 Å². The van der Waals surface area contributed by atoms with Crippen molar-refractivity contribution in [3.63, 3.8) is 0 Å². The van der Waals surface area contributed by atoms with Gasteiger partial charge in [0.15, 0.2) is 0 Å². The van der Waals surface area contributed by atoms with Gasteiger partial charge in [-0.05, 0) is 30.3 Å². The van der Waals surface area contributed by atoms with Crippen molar-refractivity contribution in [2.45, 2.75) is 9.79 Å². The van der Waals surface area contributed by atoms with Crippen LogP contribution in [-0.4, -0.2) is 5.11 Å². The van der Waals surface area contributed by atoms with E-state index < -0.39 is 0 Å². The summed E-state index contributed by atoms with van der Waals surface area (Å²) in [6.07, 6.45) is 0. The molecule has 2 nitrogen and oxygen atoms in total. The van der Waals surface area contributed by atoms with Gasteiger partial charge in [0.2, 0.25) is 0 Å². The van der Waals surface area contributed by atoms with Crippen molar-refractivity contribution in [2.75, 3.05) is 0 Å². The lowest BCUT2D eigenvalue weighted by atomic mass is 10.1. The number of hydrogen-bond donors (Lipinski definition) is 1. The molecule has 0 aliphatic heterocycles. The molecule has 0 atom stereocenters. The molecule has 0 amide bonds. The number of hydrogen-bond acceptors (Lipinski definition) is 3. The van der Waals surface area contributed by atoms with Crippen LogP contribution in [0.1, 0.15) is 0 Å². The SMILES string of the molecule is Oc1c(Sc2ccccc2)c2cc(-c3cccc(Cl)c3)oc2c2ccccc12. The van der Waals surface area contributed by atoms with Gasteiger partial charge in [-0.2, -0.15) is 0 Å². The molecule has 0 spiro atoms. The molecular weight excluding hydrogens is 388 g/mol. The molecule has 0 saturated heterocycles. The lowest BCUT2D eigenvalue weighted by Gasteiger charge is -2.09. The fourth-order valence-corrected chi connectivity index (χ4v) is 4.58. The Labute approximate surface area is 171 Å². The summed E-state index contributed by atoms with van der Waals surface area (Å²) in [4.78, 5) is 1.84. The Balaban J connectivity index is 1.80. The van der Waals surface area contributed by atoms with E-state index in [0.29, 0.717) is 5.02 Å². The minimum Gasteiger partial charge on any atom is -0.506 e. The first-order valence-electron chi connectivity index (χ1n) is 8.87. The van der Waals surface area contributed by atoms with Crippen LogP contribution in [0.3, 0.4) is 0 Å². The van der Waals surface area contributed by atoms with E-state index in [1.807, 2.05) is 84.9 Å². The lowest BCUT2D eigenvalue weighted by Crippen LogP contribution is -1.81. The molecule has 0 radical (unpaired) electrons. The molecule has 1 N–H and O–H groups in total. The Bertz CT molecular complexity index is 1310. The van der Waals surface area contributed by atoms with Crippen LogP contribution in [0.4, 0.5) is 0 Å². The van der Waals surface area contributed by atoms with Crippen molar-refractivity contribution in [3.8, 4) is 17.1 Å². The summed E-state index contributed by atoms with van der Waals surface area (Å²) in [7, 11) is 0. The van der Waals surface area contributed by atoms with Crippen LogP contribution in [0, 0.1) is 0 Å². The second kappa shape index (κ2) is 6.93. The number of phenols is 1. The van der Waals surface area contributed by atoms with Gasteiger partial charge < -0.3 is 9.52 Å². The third kappa shape index (κ3) is 2.93. The summed E-state index contributed by atoms with van der Waals surface area (Å²) < 4.78 is 6.27. The zero-order valence-corrected chi connectivity index (χ0v) is 16.3. The molecule has 0 bridgehead atoms. The fraction of sp³-hybridized carbons (Fsp3) is 0. The van der Waals surface area contributed by atoms with E-state index in [9.17, 15) is 5.11 Å². The molecule has 0 unspecified atom stereocenters. The number of benzene rings is 4. The number of rotatable bonds is 3. The van der Waals surface area contributed by atoms with Gasteiger partial charge in [0.1, 0.15) is 17.1 Å². The third-order valence-corrected chi connectivity index (χ3v) is 6.05. The summed E-state index contributed by atoms with van der Waals surface area (Å²) >= 11 is 7.70. The quantitative estimate of drug-likeness (QED) is 0.334. The van der Waals surface area contributed by atoms with Crippen LogP contribution < -0.4 is 0 Å². The second-order valence-electron chi connectivity index (χ2n) is 6.50. The Hall–Kier alpha value is -2.88. The highest BCUT2D eigenvalue weighted by molar-refractivity contribution is 7.99. The minimum atomic E-state index is 0.274. The third-order valence-electron chi connectivity index (χ3n) is 4.69. The van der Waals surface area contributed by atoms with Crippen molar-refractivity contribution >= 4 is 45.1 Å². The van der Waals surface area contributed by atoms with E-state index in [-0.39, 0.29) is 5.75 Å². The van der Waals surface area contributed by atoms with Gasteiger partial charge in [-0.15, -0.1) is 0 Å². The van der Waals surface area contributed by atoms with Crippen molar-refractivity contribution < 1.29 is 9.52 Å². The summed E-state index contributed by atoms with van der Waals surface area (Å²) in [6.45, 7) is 0. The average Bonchev–Trinajstić information content (AvgIpc) is 3.17. The van der Waals surface area contributed by atoms with E-state index in [2.05, 4.69) is 0 Å². The highest BCUT2D eigenvalue weighted by Crippen LogP contribution is 2.47. The first-order chi connectivity index (χ1) is 13.7. The maximum atomic E-state index is 11.0. The van der Waals surface area contributed by atoms with Gasteiger partial charge in [0.05, 0.1) is 4.90 Å². The average molecular weight is 403 g/mol. The number of aromatic hydroxyl groups is 1. The molecule has 0 saturated carbocycles. The van der Waals surface area contributed by atoms with E-state index in [1.54, 1.807) is 0 Å². The Kier molecular flexibility index (Phi) is 4.27. The molecule has 0 fully saturated rings. The van der Waals surface area contributed by atoms with Crippen molar-refractivity contribution in [3.05, 3.63) is 90.0 Å². The zero-order valence-electron chi connectivity index (χ0n) is 14.7. The van der Waals surface area contributed by atoms with Crippen LogP contribution in [0.5, 0.6) is 5.75 Å². The number of phenolic OH excluding ortho intramolecular Hbond substituents is 1. The molecule has 0 aliphatic carbocycles. The predicted octanol–water partition coefficient (Wildman–Crippen LogP) is 7.76. The van der Waals surface area contributed by atoms with Crippen LogP contribution in [-0.2, 0) is 0 Å². The Morgan fingerprint density at radius 1 is 0.750 bits per heavy atom. The monoisotopic (exact) mass is 402 g/mol. The Morgan fingerprint density at radius 3 is 2.29 bits per heavy atom. The summed E-state index contributed by atoms with van der Waals surface area (Å²) in [5.41, 5.74) is 1.67. The molecule has 5 rings (SSSR count). The van der Waals surface area contributed by atoms with Crippen molar-refractivity contribution in [1.82, 2.24) is 0 Å². The maximum Gasteiger partial charge on any atom is 0.144 e. The molecule has 0 aliphatic rings. The molecule has 1 heterocycles.